The van der Waals surface area contributed by atoms with Crippen molar-refractivity contribution in [1.29, 1.82) is 0 Å². The van der Waals surface area contributed by atoms with Crippen molar-refractivity contribution in [3.05, 3.63) is 35.9 Å². The van der Waals surface area contributed by atoms with Gasteiger partial charge in [-0.1, -0.05) is 30.3 Å². The lowest BCUT2D eigenvalue weighted by Gasteiger charge is -2.71. The average molecular weight is 412 g/mol. The van der Waals surface area contributed by atoms with Crippen LogP contribution in [0.2, 0.25) is 0 Å². The Bertz CT molecular complexity index is 716. The smallest absolute Gasteiger partial charge is 0.390 e. The number of carbonyl (C=O) groups excluding carboxylic acids is 1. The Labute approximate surface area is 168 Å². The number of aliphatic hydroxyl groups excluding tert-OH is 1. The molecule has 3 saturated heterocycles. The predicted octanol–water partition coefficient (Wildman–Crippen LogP) is 2.41. The Morgan fingerprint density at radius 2 is 1.83 bits per heavy atom. The summed E-state index contributed by atoms with van der Waals surface area (Å²) in [7, 11) is 0. The van der Waals surface area contributed by atoms with E-state index in [1.165, 1.54) is 0 Å². The van der Waals surface area contributed by atoms with Crippen LogP contribution >= 0.6 is 0 Å². The summed E-state index contributed by atoms with van der Waals surface area (Å²) >= 11 is 0. The van der Waals surface area contributed by atoms with Gasteiger partial charge in [0, 0.05) is 50.7 Å². The lowest BCUT2D eigenvalue weighted by Crippen LogP contribution is -2.85. The molecular weight excluding hydrogens is 385 g/mol. The number of aliphatic hydroxyl groups is 1. The third kappa shape index (κ3) is 3.78. The molecule has 4 rings (SSSR count). The van der Waals surface area contributed by atoms with Crippen LogP contribution in [-0.4, -0.2) is 78.0 Å². The van der Waals surface area contributed by atoms with Crippen LogP contribution in [0.3, 0.4) is 0 Å². The number of likely N-dealkylation sites (tertiary alicyclic amines) is 2. The molecule has 1 amide bonds. The maximum atomic E-state index is 12.9. The SMILES string of the molecule is O=C(C1CCOCC1)N1CC2(C1)[C@H](c1ccccc1)[C@@H](CO)N2CCC(F)(F)F. The van der Waals surface area contributed by atoms with E-state index in [1.54, 1.807) is 9.80 Å². The summed E-state index contributed by atoms with van der Waals surface area (Å²) < 4.78 is 44.0. The van der Waals surface area contributed by atoms with E-state index >= 15 is 0 Å². The molecule has 1 aromatic rings. The number of halogens is 3. The maximum Gasteiger partial charge on any atom is 0.390 e. The van der Waals surface area contributed by atoms with Crippen molar-refractivity contribution in [2.75, 3.05) is 39.5 Å². The molecular formula is C21H27F3N2O3. The van der Waals surface area contributed by atoms with Crippen LogP contribution in [0, 0.1) is 5.92 Å². The molecule has 0 saturated carbocycles. The minimum absolute atomic E-state index is 0.0615. The second-order valence-electron chi connectivity index (χ2n) is 8.38. The first-order valence-corrected chi connectivity index (χ1v) is 10.2. The van der Waals surface area contributed by atoms with Crippen LogP contribution in [0.15, 0.2) is 30.3 Å². The lowest BCUT2D eigenvalue weighted by molar-refractivity contribution is -0.212. The van der Waals surface area contributed by atoms with Gasteiger partial charge >= 0.3 is 6.18 Å². The molecule has 0 aromatic heterocycles. The van der Waals surface area contributed by atoms with E-state index in [2.05, 4.69) is 0 Å². The summed E-state index contributed by atoms with van der Waals surface area (Å²) in [5, 5.41) is 9.93. The maximum absolute atomic E-state index is 12.9. The summed E-state index contributed by atoms with van der Waals surface area (Å²) in [6.45, 7) is 1.62. The fourth-order valence-corrected chi connectivity index (χ4v) is 5.35. The van der Waals surface area contributed by atoms with Gasteiger partial charge in [-0.2, -0.15) is 13.2 Å². The third-order valence-corrected chi connectivity index (χ3v) is 6.73. The minimum Gasteiger partial charge on any atom is -0.395 e. The standard InChI is InChI=1S/C21H27F3N2O3/c22-21(23,24)8-9-26-17(12-27)18(15-4-2-1-3-5-15)20(26)13-25(14-20)19(28)16-6-10-29-11-7-16/h1-5,16-18,27H,6-14H2/t17-,18-/m1/s1. The monoisotopic (exact) mass is 412 g/mol. The van der Waals surface area contributed by atoms with Gasteiger partial charge in [-0.15, -0.1) is 0 Å². The van der Waals surface area contributed by atoms with E-state index in [9.17, 15) is 23.1 Å². The van der Waals surface area contributed by atoms with Crippen molar-refractivity contribution in [3.63, 3.8) is 0 Å². The molecule has 0 unspecified atom stereocenters. The summed E-state index contributed by atoms with van der Waals surface area (Å²) in [5.41, 5.74) is 0.480. The number of hydrogen-bond acceptors (Lipinski definition) is 4. The molecule has 3 aliphatic rings. The number of ether oxygens (including phenoxy) is 1. The first-order chi connectivity index (χ1) is 13.9. The van der Waals surface area contributed by atoms with Gasteiger partial charge in [0.15, 0.2) is 0 Å². The van der Waals surface area contributed by atoms with Crippen molar-refractivity contribution in [3.8, 4) is 0 Å². The molecule has 1 spiro atoms. The normalized spacial score (nSPS) is 27.5. The second-order valence-corrected chi connectivity index (χ2v) is 8.38. The van der Waals surface area contributed by atoms with Crippen molar-refractivity contribution < 1.29 is 27.8 Å². The highest BCUT2D eigenvalue weighted by atomic mass is 19.4. The summed E-state index contributed by atoms with van der Waals surface area (Å²) in [6.07, 6.45) is -3.77. The van der Waals surface area contributed by atoms with Crippen molar-refractivity contribution >= 4 is 5.91 Å². The van der Waals surface area contributed by atoms with Gasteiger partial charge in [0.1, 0.15) is 0 Å². The number of rotatable bonds is 5. The van der Waals surface area contributed by atoms with Gasteiger partial charge in [0.25, 0.3) is 0 Å². The molecule has 0 radical (unpaired) electrons. The van der Waals surface area contributed by atoms with Crippen LogP contribution in [0.25, 0.3) is 0 Å². The van der Waals surface area contributed by atoms with Crippen LogP contribution < -0.4 is 0 Å². The molecule has 3 heterocycles. The van der Waals surface area contributed by atoms with E-state index in [-0.39, 0.29) is 36.9 Å². The minimum atomic E-state index is -4.25. The van der Waals surface area contributed by atoms with E-state index < -0.39 is 18.1 Å². The zero-order valence-corrected chi connectivity index (χ0v) is 16.3. The number of amides is 1. The zero-order chi connectivity index (χ0) is 20.6. The number of alkyl halides is 3. The fourth-order valence-electron chi connectivity index (χ4n) is 5.35. The Hall–Kier alpha value is -1.64. The van der Waals surface area contributed by atoms with Gasteiger partial charge in [-0.25, -0.2) is 0 Å². The van der Waals surface area contributed by atoms with Gasteiger partial charge in [-0.3, -0.25) is 9.69 Å². The molecule has 0 bridgehead atoms. The highest BCUT2D eigenvalue weighted by Crippen LogP contribution is 2.54. The number of nitrogens with zero attached hydrogens (tertiary/aromatic N) is 2. The summed E-state index contributed by atoms with van der Waals surface area (Å²) in [5.74, 6) is -0.0664. The summed E-state index contributed by atoms with van der Waals surface area (Å²) in [4.78, 5) is 16.4. The predicted molar refractivity (Wildman–Crippen MR) is 100 cm³/mol. The molecule has 29 heavy (non-hydrogen) atoms. The second kappa shape index (κ2) is 7.89. The van der Waals surface area contributed by atoms with Crippen molar-refractivity contribution in [2.45, 2.75) is 42.9 Å². The quantitative estimate of drug-likeness (QED) is 0.807. The van der Waals surface area contributed by atoms with E-state index in [0.717, 1.165) is 5.56 Å². The first kappa shape index (κ1) is 20.6. The highest BCUT2D eigenvalue weighted by molar-refractivity contribution is 5.80. The van der Waals surface area contributed by atoms with Gasteiger partial charge in [-0.05, 0) is 18.4 Å². The third-order valence-electron chi connectivity index (χ3n) is 6.73. The van der Waals surface area contributed by atoms with Gasteiger partial charge < -0.3 is 14.7 Å². The highest BCUT2D eigenvalue weighted by Gasteiger charge is 2.66. The Balaban J connectivity index is 1.52. The zero-order valence-electron chi connectivity index (χ0n) is 16.3. The molecule has 3 fully saturated rings. The number of carbonyl (C=O) groups is 1. The molecule has 160 valence electrons. The van der Waals surface area contributed by atoms with E-state index in [4.69, 9.17) is 4.74 Å². The van der Waals surface area contributed by atoms with Crippen LogP contribution in [0.1, 0.15) is 30.7 Å². The molecule has 5 nitrogen and oxygen atoms in total. The fraction of sp³-hybridized carbons (Fsp3) is 0.667. The molecule has 2 atom stereocenters. The Kier molecular flexibility index (Phi) is 5.61. The Morgan fingerprint density at radius 3 is 2.41 bits per heavy atom. The Morgan fingerprint density at radius 1 is 1.17 bits per heavy atom. The van der Waals surface area contributed by atoms with Crippen molar-refractivity contribution in [1.82, 2.24) is 9.80 Å². The van der Waals surface area contributed by atoms with Crippen LogP contribution in [0.5, 0.6) is 0 Å². The van der Waals surface area contributed by atoms with Crippen LogP contribution in [0.4, 0.5) is 13.2 Å². The topological polar surface area (TPSA) is 53.0 Å². The lowest BCUT2D eigenvalue weighted by atomic mass is 9.60. The van der Waals surface area contributed by atoms with E-state index in [1.807, 2.05) is 30.3 Å². The van der Waals surface area contributed by atoms with E-state index in [0.29, 0.717) is 39.1 Å². The molecule has 1 aromatic carbocycles. The molecule has 8 heteroatoms. The first-order valence-electron chi connectivity index (χ1n) is 10.2. The molecule has 1 N–H and O–H groups in total. The molecule has 0 aliphatic carbocycles. The molecule has 3 aliphatic heterocycles. The van der Waals surface area contributed by atoms with Gasteiger partial charge in [0.2, 0.25) is 5.91 Å². The van der Waals surface area contributed by atoms with Crippen LogP contribution in [-0.2, 0) is 9.53 Å². The van der Waals surface area contributed by atoms with Crippen molar-refractivity contribution in [2.24, 2.45) is 5.92 Å². The summed E-state index contributed by atoms with van der Waals surface area (Å²) in [6, 6.07) is 9.25. The van der Waals surface area contributed by atoms with Gasteiger partial charge in [0.05, 0.1) is 18.6 Å². The number of benzene rings is 1. The average Bonchev–Trinajstić information content (AvgIpc) is 2.66. The largest absolute Gasteiger partial charge is 0.395 e. The number of hydrogen-bond donors (Lipinski definition) is 1.